The van der Waals surface area contributed by atoms with Crippen LogP contribution in [0.1, 0.15) is 11.3 Å². The molecule has 0 saturated carbocycles. The Bertz CT molecular complexity index is 1100. The monoisotopic (exact) mass is 450 g/mol. The Kier molecular flexibility index (Phi) is 4.44. The van der Waals surface area contributed by atoms with Crippen LogP contribution in [0.5, 0.6) is 6.01 Å². The third-order valence-corrected chi connectivity index (χ3v) is 6.71. The van der Waals surface area contributed by atoms with Crippen LogP contribution in [0.3, 0.4) is 0 Å². The van der Waals surface area contributed by atoms with Gasteiger partial charge in [0, 0.05) is 18.3 Å². The molecule has 2 saturated heterocycles. The number of fused-ring (bicyclic) bond motifs is 3. The van der Waals surface area contributed by atoms with Gasteiger partial charge in [0.1, 0.15) is 18.3 Å². The number of aliphatic hydroxyl groups excluding tert-OH is 1. The lowest BCUT2D eigenvalue weighted by Gasteiger charge is -2.15. The number of hydrogen-bond donors (Lipinski definition) is 2. The van der Waals surface area contributed by atoms with Crippen LogP contribution in [-0.4, -0.2) is 78.0 Å². The Morgan fingerprint density at radius 3 is 2.97 bits per heavy atom. The lowest BCUT2D eigenvalue weighted by Crippen LogP contribution is -2.34. The molecule has 158 valence electrons. The fourth-order valence-electron chi connectivity index (χ4n) is 4.15. The first-order valence-corrected chi connectivity index (χ1v) is 11.2. The Labute approximate surface area is 180 Å². The third kappa shape index (κ3) is 3.00. The van der Waals surface area contributed by atoms with E-state index in [1.165, 1.54) is 5.56 Å². The molecule has 0 amide bonds. The standard InChI is InChI=1S/C18H19ClN6O4S/c1-30-24-3-8-4-25(23-11(8)5-24)17-9(19)2-10-16(21-17)22-18(20-10)29-13-7-28-14-12(26)6-27-15(13)14/h2,4,12-15,26H,3,5-7H2,1H3,(H,20,21,22). The van der Waals surface area contributed by atoms with Gasteiger partial charge in [-0.2, -0.15) is 10.1 Å². The van der Waals surface area contributed by atoms with Crippen LogP contribution in [0.2, 0.25) is 5.02 Å². The minimum Gasteiger partial charge on any atom is -0.456 e. The predicted molar refractivity (Wildman–Crippen MR) is 109 cm³/mol. The minimum absolute atomic E-state index is 0.248. The molecule has 0 aromatic carbocycles. The Morgan fingerprint density at radius 2 is 2.13 bits per heavy atom. The first-order valence-electron chi connectivity index (χ1n) is 9.60. The van der Waals surface area contributed by atoms with E-state index in [-0.39, 0.29) is 24.9 Å². The van der Waals surface area contributed by atoms with Crippen LogP contribution in [-0.2, 0) is 22.6 Å². The van der Waals surface area contributed by atoms with Crippen molar-refractivity contribution >= 4 is 34.7 Å². The average Bonchev–Trinajstić information content (AvgIpc) is 3.49. The van der Waals surface area contributed by atoms with Gasteiger partial charge in [0.2, 0.25) is 0 Å². The molecule has 12 heteroatoms. The van der Waals surface area contributed by atoms with Crippen molar-refractivity contribution in [2.24, 2.45) is 0 Å². The smallest absolute Gasteiger partial charge is 0.296 e. The quantitative estimate of drug-likeness (QED) is 0.568. The zero-order valence-electron chi connectivity index (χ0n) is 16.0. The number of imidazole rings is 1. The normalized spacial score (nSPS) is 28.4. The summed E-state index contributed by atoms with van der Waals surface area (Å²) in [5, 5.41) is 15.0. The molecule has 4 unspecified atom stereocenters. The second kappa shape index (κ2) is 7.08. The topological polar surface area (TPSA) is 111 Å². The molecule has 0 bridgehead atoms. The van der Waals surface area contributed by atoms with Crippen molar-refractivity contribution in [2.75, 3.05) is 19.5 Å². The molecule has 2 fully saturated rings. The van der Waals surface area contributed by atoms with E-state index in [4.69, 9.17) is 25.8 Å². The summed E-state index contributed by atoms with van der Waals surface area (Å²) in [5.41, 5.74) is 3.34. The highest BCUT2D eigenvalue weighted by Crippen LogP contribution is 2.31. The summed E-state index contributed by atoms with van der Waals surface area (Å²) in [4.78, 5) is 12.1. The summed E-state index contributed by atoms with van der Waals surface area (Å²) in [6.07, 6.45) is 2.38. The van der Waals surface area contributed by atoms with Crippen molar-refractivity contribution < 1.29 is 19.3 Å². The number of rotatable bonds is 4. The molecule has 6 rings (SSSR count). The van der Waals surface area contributed by atoms with E-state index in [1.54, 1.807) is 22.7 Å². The number of aliphatic hydroxyl groups is 1. The molecule has 6 heterocycles. The second-order valence-electron chi connectivity index (χ2n) is 7.55. The summed E-state index contributed by atoms with van der Waals surface area (Å²) in [6.45, 7) is 2.22. The van der Waals surface area contributed by atoms with Gasteiger partial charge in [-0.3, -0.25) is 0 Å². The van der Waals surface area contributed by atoms with Gasteiger partial charge in [-0.1, -0.05) is 23.5 Å². The summed E-state index contributed by atoms with van der Waals surface area (Å²) >= 11 is 8.20. The lowest BCUT2D eigenvalue weighted by molar-refractivity contribution is 0.00706. The van der Waals surface area contributed by atoms with E-state index in [0.29, 0.717) is 34.6 Å². The number of aromatic nitrogens is 5. The fraction of sp³-hybridized carbons (Fsp3) is 0.500. The molecule has 10 nitrogen and oxygen atoms in total. The molecule has 0 aliphatic carbocycles. The predicted octanol–water partition coefficient (Wildman–Crippen LogP) is 1.30. The van der Waals surface area contributed by atoms with Crippen molar-refractivity contribution in [2.45, 2.75) is 37.5 Å². The molecule has 4 atom stereocenters. The number of aromatic amines is 1. The van der Waals surface area contributed by atoms with Crippen molar-refractivity contribution in [1.82, 2.24) is 29.0 Å². The number of nitrogens with zero attached hydrogens (tertiary/aromatic N) is 5. The van der Waals surface area contributed by atoms with Gasteiger partial charge in [-0.15, -0.1) is 0 Å². The van der Waals surface area contributed by atoms with Gasteiger partial charge in [0.15, 0.2) is 17.6 Å². The number of H-pyrrole nitrogens is 1. The van der Waals surface area contributed by atoms with E-state index in [2.05, 4.69) is 30.6 Å². The van der Waals surface area contributed by atoms with Gasteiger partial charge in [0.25, 0.3) is 6.01 Å². The largest absolute Gasteiger partial charge is 0.456 e. The van der Waals surface area contributed by atoms with Crippen molar-refractivity contribution in [3.8, 4) is 11.8 Å². The highest BCUT2D eigenvalue weighted by atomic mass is 35.5. The second-order valence-corrected chi connectivity index (χ2v) is 8.84. The molecule has 3 aliphatic rings. The number of nitrogens with one attached hydrogen (secondary N) is 1. The van der Waals surface area contributed by atoms with Crippen LogP contribution < -0.4 is 4.74 Å². The van der Waals surface area contributed by atoms with E-state index in [1.807, 2.05) is 6.20 Å². The van der Waals surface area contributed by atoms with Gasteiger partial charge in [-0.05, 0) is 12.3 Å². The van der Waals surface area contributed by atoms with Crippen LogP contribution in [0.25, 0.3) is 17.0 Å². The highest BCUT2D eigenvalue weighted by molar-refractivity contribution is 7.96. The summed E-state index contributed by atoms with van der Waals surface area (Å²) in [7, 11) is 0. The van der Waals surface area contributed by atoms with E-state index in [9.17, 15) is 5.11 Å². The Balaban J connectivity index is 1.26. The molecule has 3 aromatic heterocycles. The van der Waals surface area contributed by atoms with Crippen LogP contribution in [0, 0.1) is 0 Å². The number of pyridine rings is 1. The maximum absolute atomic E-state index is 9.87. The first-order chi connectivity index (χ1) is 14.6. The van der Waals surface area contributed by atoms with Gasteiger partial charge < -0.3 is 24.3 Å². The number of hydrogen-bond acceptors (Lipinski definition) is 9. The number of halogens is 1. The molecule has 3 aliphatic heterocycles. The van der Waals surface area contributed by atoms with E-state index in [0.717, 1.165) is 18.8 Å². The van der Waals surface area contributed by atoms with Crippen molar-refractivity contribution in [1.29, 1.82) is 0 Å². The molecule has 2 N–H and O–H groups in total. The molecular weight excluding hydrogens is 432 g/mol. The molecular formula is C18H19ClN6O4S. The maximum Gasteiger partial charge on any atom is 0.296 e. The SMILES string of the molecule is CSN1Cc2cn(-c3nc4nc(OC5COC6C(O)COC56)[nH]c4cc3Cl)nc2C1. The lowest BCUT2D eigenvalue weighted by atomic mass is 10.1. The van der Waals surface area contributed by atoms with Crippen LogP contribution in [0.4, 0.5) is 0 Å². The van der Waals surface area contributed by atoms with Crippen LogP contribution >= 0.6 is 23.5 Å². The molecule has 0 spiro atoms. The third-order valence-electron chi connectivity index (χ3n) is 5.66. The molecule has 3 aromatic rings. The average molecular weight is 451 g/mol. The first kappa shape index (κ1) is 18.8. The van der Waals surface area contributed by atoms with Crippen LogP contribution in [0.15, 0.2) is 12.3 Å². The fourth-order valence-corrected chi connectivity index (χ4v) is 4.91. The maximum atomic E-state index is 9.87. The van der Waals surface area contributed by atoms with Crippen molar-refractivity contribution in [3.05, 3.63) is 28.5 Å². The van der Waals surface area contributed by atoms with Gasteiger partial charge in [0.05, 0.1) is 36.0 Å². The van der Waals surface area contributed by atoms with E-state index >= 15 is 0 Å². The zero-order valence-corrected chi connectivity index (χ0v) is 17.6. The highest BCUT2D eigenvalue weighted by Gasteiger charge is 2.48. The Morgan fingerprint density at radius 1 is 1.27 bits per heavy atom. The van der Waals surface area contributed by atoms with E-state index < -0.39 is 6.10 Å². The number of ether oxygens (including phenoxy) is 3. The van der Waals surface area contributed by atoms with Gasteiger partial charge >= 0.3 is 0 Å². The Hall–Kier alpha value is -1.89. The van der Waals surface area contributed by atoms with Crippen molar-refractivity contribution in [3.63, 3.8) is 0 Å². The summed E-state index contributed by atoms with van der Waals surface area (Å²) in [6, 6.07) is 2.08. The summed E-state index contributed by atoms with van der Waals surface area (Å²) in [5.74, 6) is 0.527. The molecule has 30 heavy (non-hydrogen) atoms. The minimum atomic E-state index is -0.624. The van der Waals surface area contributed by atoms with Gasteiger partial charge in [-0.25, -0.2) is 14.0 Å². The summed E-state index contributed by atoms with van der Waals surface area (Å²) < 4.78 is 21.1. The molecule has 0 radical (unpaired) electrons. The zero-order chi connectivity index (χ0) is 20.4.